The van der Waals surface area contributed by atoms with Crippen molar-refractivity contribution in [3.63, 3.8) is 0 Å². The highest BCUT2D eigenvalue weighted by molar-refractivity contribution is 5.78. The molecule has 0 radical (unpaired) electrons. The first kappa shape index (κ1) is 22.8. The van der Waals surface area contributed by atoms with Crippen molar-refractivity contribution < 1.29 is 9.53 Å². The molecule has 0 saturated heterocycles. The van der Waals surface area contributed by atoms with Crippen molar-refractivity contribution in [2.75, 3.05) is 6.61 Å². The molecule has 1 saturated carbocycles. The zero-order chi connectivity index (χ0) is 24.4. The van der Waals surface area contributed by atoms with Crippen LogP contribution in [-0.2, 0) is 4.79 Å². The van der Waals surface area contributed by atoms with E-state index in [4.69, 9.17) is 9.84 Å². The van der Waals surface area contributed by atoms with Crippen LogP contribution in [0.2, 0.25) is 0 Å². The Morgan fingerprint density at radius 3 is 2.63 bits per heavy atom. The van der Waals surface area contributed by atoms with E-state index in [9.17, 15) is 9.59 Å². The van der Waals surface area contributed by atoms with Gasteiger partial charge < -0.3 is 10.1 Å². The average molecular weight is 472 g/mol. The lowest BCUT2D eigenvalue weighted by atomic mass is 9.95. The number of fused-ring (bicyclic) bond motifs is 1. The predicted molar refractivity (Wildman–Crippen MR) is 134 cm³/mol. The fourth-order valence-corrected chi connectivity index (χ4v) is 4.74. The van der Waals surface area contributed by atoms with Crippen LogP contribution in [0, 0.1) is 13.8 Å². The molecule has 1 aliphatic rings. The zero-order valence-electron chi connectivity index (χ0n) is 20.0. The number of benzene rings is 1. The van der Waals surface area contributed by atoms with Gasteiger partial charge in [-0.3, -0.25) is 14.0 Å². The van der Waals surface area contributed by atoms with Gasteiger partial charge in [-0.25, -0.2) is 9.67 Å². The number of amides is 1. The fourth-order valence-electron chi connectivity index (χ4n) is 4.74. The Morgan fingerprint density at radius 1 is 1.09 bits per heavy atom. The van der Waals surface area contributed by atoms with Crippen molar-refractivity contribution in [3.05, 3.63) is 76.5 Å². The van der Waals surface area contributed by atoms with Gasteiger partial charge in [-0.05, 0) is 57.0 Å². The summed E-state index contributed by atoms with van der Waals surface area (Å²) >= 11 is 0. The highest BCUT2D eigenvalue weighted by Crippen LogP contribution is 2.24. The third-order valence-corrected chi connectivity index (χ3v) is 6.47. The van der Waals surface area contributed by atoms with E-state index in [2.05, 4.69) is 10.3 Å². The van der Waals surface area contributed by atoms with Gasteiger partial charge in [0.05, 0.1) is 16.9 Å². The maximum Gasteiger partial charge on any atom is 0.267 e. The average Bonchev–Trinajstić information content (AvgIpc) is 3.25. The summed E-state index contributed by atoms with van der Waals surface area (Å²) in [7, 11) is 0. The van der Waals surface area contributed by atoms with Gasteiger partial charge in [-0.15, -0.1) is 0 Å². The summed E-state index contributed by atoms with van der Waals surface area (Å²) in [5, 5.41) is 7.74. The van der Waals surface area contributed by atoms with E-state index in [-0.39, 0.29) is 24.1 Å². The Balaban J connectivity index is 1.43. The highest BCUT2D eigenvalue weighted by Gasteiger charge is 2.19. The Labute approximate surface area is 203 Å². The van der Waals surface area contributed by atoms with E-state index in [1.165, 1.54) is 10.8 Å². The van der Waals surface area contributed by atoms with E-state index in [0.29, 0.717) is 28.3 Å². The molecule has 1 N–H and O–H groups in total. The molecule has 1 aliphatic carbocycles. The van der Waals surface area contributed by atoms with Crippen molar-refractivity contribution in [1.82, 2.24) is 24.5 Å². The summed E-state index contributed by atoms with van der Waals surface area (Å²) in [6, 6.07) is 15.3. The topological polar surface area (TPSA) is 90.5 Å². The Kier molecular flexibility index (Phi) is 6.35. The van der Waals surface area contributed by atoms with E-state index in [1.807, 2.05) is 48.0 Å². The molecule has 4 aromatic rings. The van der Waals surface area contributed by atoms with E-state index in [0.717, 1.165) is 37.1 Å². The van der Waals surface area contributed by atoms with E-state index < -0.39 is 0 Å². The number of carbonyl (C=O) groups is 1. The lowest BCUT2D eigenvalue weighted by Crippen LogP contribution is -2.39. The molecule has 0 spiro atoms. The summed E-state index contributed by atoms with van der Waals surface area (Å²) in [6.07, 6.45) is 7.20. The number of hydrogen-bond donors (Lipinski definition) is 1. The maximum absolute atomic E-state index is 13.5. The molecule has 35 heavy (non-hydrogen) atoms. The lowest BCUT2D eigenvalue weighted by Gasteiger charge is -2.22. The van der Waals surface area contributed by atoms with Crippen LogP contribution < -0.4 is 15.6 Å². The van der Waals surface area contributed by atoms with Gasteiger partial charge in [-0.1, -0.05) is 37.5 Å². The molecule has 8 heteroatoms. The second kappa shape index (κ2) is 9.74. The molecule has 3 aromatic heterocycles. The third-order valence-electron chi connectivity index (χ3n) is 6.47. The van der Waals surface area contributed by atoms with Crippen LogP contribution in [0.1, 0.15) is 43.5 Å². The number of aryl methyl sites for hydroxylation is 2. The van der Waals surface area contributed by atoms with Gasteiger partial charge in [0.25, 0.3) is 11.5 Å². The monoisotopic (exact) mass is 471 g/mol. The second-order valence-corrected chi connectivity index (χ2v) is 9.05. The van der Waals surface area contributed by atoms with Crippen molar-refractivity contribution in [3.8, 4) is 22.7 Å². The molecule has 0 aliphatic heterocycles. The number of rotatable bonds is 6. The van der Waals surface area contributed by atoms with Crippen LogP contribution in [0.5, 0.6) is 5.75 Å². The molecule has 180 valence electrons. The number of nitrogens with zero attached hydrogens (tertiary/aromatic N) is 4. The Morgan fingerprint density at radius 2 is 1.86 bits per heavy atom. The number of aromatic nitrogens is 4. The van der Waals surface area contributed by atoms with Crippen LogP contribution in [0.4, 0.5) is 0 Å². The molecule has 3 heterocycles. The molecule has 0 unspecified atom stereocenters. The second-order valence-electron chi connectivity index (χ2n) is 9.05. The van der Waals surface area contributed by atoms with Gasteiger partial charge in [-0.2, -0.15) is 5.10 Å². The fraction of sp³-hybridized carbons (Fsp3) is 0.333. The van der Waals surface area contributed by atoms with Crippen LogP contribution in [0.15, 0.2) is 59.5 Å². The molecule has 1 fully saturated rings. The van der Waals surface area contributed by atoms with Crippen molar-refractivity contribution in [2.24, 2.45) is 0 Å². The van der Waals surface area contributed by atoms with Crippen molar-refractivity contribution in [1.29, 1.82) is 0 Å². The number of nitrogens with one attached hydrogen (secondary N) is 1. The Bertz CT molecular complexity index is 1420. The summed E-state index contributed by atoms with van der Waals surface area (Å²) in [6.45, 7) is 3.63. The summed E-state index contributed by atoms with van der Waals surface area (Å²) in [4.78, 5) is 30.6. The molecule has 0 atom stereocenters. The first-order chi connectivity index (χ1) is 17.0. The number of pyridine rings is 1. The third kappa shape index (κ3) is 4.69. The number of ether oxygens (including phenoxy) is 1. The number of para-hydroxylation sites is 1. The minimum atomic E-state index is -0.234. The molecular weight excluding hydrogens is 442 g/mol. The van der Waals surface area contributed by atoms with E-state index in [1.54, 1.807) is 25.3 Å². The van der Waals surface area contributed by atoms with Gasteiger partial charge in [0, 0.05) is 17.9 Å². The standard InChI is InChI=1S/C27H29N5O3/c1-18-16-22(30-32(18)21-12-7-4-8-13-21)25-19(2)28-26-23(14-9-15-31(26)27(25)34)35-17-24(33)29-20-10-5-3-6-11-20/h4,7-9,12-16,20H,3,5-6,10-11,17H2,1-2H3,(H,29,33). The number of carbonyl (C=O) groups excluding carboxylic acids is 1. The largest absolute Gasteiger partial charge is 0.480 e. The highest BCUT2D eigenvalue weighted by atomic mass is 16.5. The van der Waals surface area contributed by atoms with Gasteiger partial charge >= 0.3 is 0 Å². The quantitative estimate of drug-likeness (QED) is 0.459. The van der Waals surface area contributed by atoms with Gasteiger partial charge in [0.1, 0.15) is 5.69 Å². The normalized spacial score (nSPS) is 14.2. The smallest absolute Gasteiger partial charge is 0.267 e. The zero-order valence-corrected chi connectivity index (χ0v) is 20.0. The lowest BCUT2D eigenvalue weighted by molar-refractivity contribution is -0.124. The van der Waals surface area contributed by atoms with Gasteiger partial charge in [0.2, 0.25) is 0 Å². The van der Waals surface area contributed by atoms with Crippen molar-refractivity contribution >= 4 is 11.6 Å². The summed E-state index contributed by atoms with van der Waals surface area (Å²) in [5.74, 6) is 0.237. The minimum Gasteiger partial charge on any atom is -0.480 e. The first-order valence-electron chi connectivity index (χ1n) is 12.1. The van der Waals surface area contributed by atoms with Crippen molar-refractivity contribution in [2.45, 2.75) is 52.0 Å². The maximum atomic E-state index is 13.5. The summed E-state index contributed by atoms with van der Waals surface area (Å²) in [5.41, 5.74) is 3.53. The first-order valence-corrected chi connectivity index (χ1v) is 12.1. The minimum absolute atomic E-state index is 0.118. The Hall–Kier alpha value is -3.94. The van der Waals surface area contributed by atoms with Crippen LogP contribution in [0.25, 0.3) is 22.6 Å². The molecule has 8 nitrogen and oxygen atoms in total. The molecule has 0 bridgehead atoms. The van der Waals surface area contributed by atoms with Crippen LogP contribution in [-0.4, -0.2) is 37.7 Å². The molecule has 5 rings (SSSR count). The molecular formula is C27H29N5O3. The van der Waals surface area contributed by atoms with E-state index >= 15 is 0 Å². The number of hydrogen-bond acceptors (Lipinski definition) is 5. The van der Waals surface area contributed by atoms with Crippen LogP contribution in [0.3, 0.4) is 0 Å². The predicted octanol–water partition coefficient (Wildman–Crippen LogP) is 3.99. The van der Waals surface area contributed by atoms with Gasteiger partial charge in [0.15, 0.2) is 18.0 Å². The SMILES string of the molecule is Cc1nc2c(OCC(=O)NC3CCCCC3)cccn2c(=O)c1-c1cc(C)n(-c2ccccc2)n1. The van der Waals surface area contributed by atoms with Crippen LogP contribution >= 0.6 is 0 Å². The molecule has 1 amide bonds. The molecule has 1 aromatic carbocycles. The summed E-state index contributed by atoms with van der Waals surface area (Å²) < 4.78 is 9.07.